The molecule has 0 atom stereocenters. The molecule has 6 nitrogen and oxygen atoms in total. The molecule has 26 heavy (non-hydrogen) atoms. The lowest BCUT2D eigenvalue weighted by Gasteiger charge is -2.08. The lowest BCUT2D eigenvalue weighted by atomic mass is 10.1. The lowest BCUT2D eigenvalue weighted by molar-refractivity contribution is 0.0376. The molecule has 0 aromatic carbocycles. The molecule has 2 aromatic rings. The van der Waals surface area contributed by atoms with E-state index < -0.39 is 11.9 Å². The summed E-state index contributed by atoms with van der Waals surface area (Å²) in [5.41, 5.74) is 2.02. The van der Waals surface area contributed by atoms with E-state index in [2.05, 4.69) is 4.98 Å². The minimum atomic E-state index is -0.674. The smallest absolute Gasteiger partial charge is 0.355 e. The molecule has 0 saturated carbocycles. The van der Waals surface area contributed by atoms with Crippen LogP contribution in [0.4, 0.5) is 0 Å². The van der Waals surface area contributed by atoms with Gasteiger partial charge in [-0.2, -0.15) is 0 Å². The van der Waals surface area contributed by atoms with Gasteiger partial charge in [-0.3, -0.25) is 4.79 Å². The van der Waals surface area contributed by atoms with Crippen molar-refractivity contribution < 1.29 is 23.9 Å². The number of aromatic amines is 1. The molecule has 2 rings (SSSR count). The van der Waals surface area contributed by atoms with Crippen LogP contribution in [0.2, 0.25) is 0 Å². The molecule has 0 unspecified atom stereocenters. The Labute approximate surface area is 156 Å². The highest BCUT2D eigenvalue weighted by Gasteiger charge is 2.25. The highest BCUT2D eigenvalue weighted by Crippen LogP contribution is 2.22. The van der Waals surface area contributed by atoms with Gasteiger partial charge in [-0.15, -0.1) is 11.3 Å². The molecule has 7 heteroatoms. The predicted octanol–water partition coefficient (Wildman–Crippen LogP) is 3.91. The van der Waals surface area contributed by atoms with Gasteiger partial charge in [0.2, 0.25) is 5.78 Å². The number of aryl methyl sites for hydroxylation is 3. The molecule has 0 amide bonds. The van der Waals surface area contributed by atoms with E-state index in [1.807, 2.05) is 13.8 Å². The zero-order valence-corrected chi connectivity index (χ0v) is 16.6. The predicted molar refractivity (Wildman–Crippen MR) is 99.2 cm³/mol. The summed E-state index contributed by atoms with van der Waals surface area (Å²) >= 11 is 1.52. The van der Waals surface area contributed by atoms with Crippen molar-refractivity contribution in [2.45, 2.75) is 47.6 Å². The fourth-order valence-electron chi connectivity index (χ4n) is 2.72. The quantitative estimate of drug-likeness (QED) is 0.609. The standard InChI is InChI=1S/C19H23NO5S/c1-9(2)25-18(22)16-11(4)17(20-12(16)5)19(23)24-8-15(21)14-7-10(3)26-13(14)6/h7,9,20H,8H2,1-6H3. The second kappa shape index (κ2) is 7.86. The van der Waals surface area contributed by atoms with Crippen molar-refractivity contribution in [3.05, 3.63) is 43.9 Å². The zero-order chi connectivity index (χ0) is 19.6. The number of aromatic nitrogens is 1. The molecule has 0 aliphatic heterocycles. The van der Waals surface area contributed by atoms with Crippen LogP contribution in [0, 0.1) is 27.7 Å². The number of hydrogen-bond acceptors (Lipinski definition) is 6. The monoisotopic (exact) mass is 377 g/mol. The third-order valence-electron chi connectivity index (χ3n) is 3.86. The largest absolute Gasteiger partial charge is 0.459 e. The number of ether oxygens (including phenoxy) is 2. The number of Topliss-reactive ketones (excluding diaryl/α,β-unsaturated/α-hetero) is 1. The number of hydrogen-bond donors (Lipinski definition) is 1. The van der Waals surface area contributed by atoms with Crippen LogP contribution in [0.25, 0.3) is 0 Å². The number of rotatable bonds is 6. The Morgan fingerprint density at radius 2 is 1.77 bits per heavy atom. The molecule has 1 N–H and O–H groups in total. The Morgan fingerprint density at radius 1 is 1.12 bits per heavy atom. The molecule has 0 aliphatic rings. The van der Waals surface area contributed by atoms with Crippen molar-refractivity contribution in [2.24, 2.45) is 0 Å². The Hall–Kier alpha value is -2.41. The summed E-state index contributed by atoms with van der Waals surface area (Å²) in [5, 5.41) is 0. The van der Waals surface area contributed by atoms with Crippen LogP contribution in [0.5, 0.6) is 0 Å². The molecule has 0 radical (unpaired) electrons. The number of carbonyl (C=O) groups excluding carboxylic acids is 3. The maximum atomic E-state index is 12.3. The second-order valence-corrected chi connectivity index (χ2v) is 7.87. The number of thiophene rings is 1. The van der Waals surface area contributed by atoms with Gasteiger partial charge >= 0.3 is 11.9 Å². The first-order valence-electron chi connectivity index (χ1n) is 8.29. The molecule has 0 spiro atoms. The highest BCUT2D eigenvalue weighted by molar-refractivity contribution is 7.12. The van der Waals surface area contributed by atoms with Crippen LogP contribution in [-0.2, 0) is 9.47 Å². The van der Waals surface area contributed by atoms with E-state index in [9.17, 15) is 14.4 Å². The number of H-pyrrole nitrogens is 1. The highest BCUT2D eigenvalue weighted by atomic mass is 32.1. The average Bonchev–Trinajstić information content (AvgIpc) is 3.02. The third-order valence-corrected chi connectivity index (χ3v) is 4.83. The minimum Gasteiger partial charge on any atom is -0.459 e. The van der Waals surface area contributed by atoms with Gasteiger partial charge in [0.05, 0.1) is 11.7 Å². The van der Waals surface area contributed by atoms with Crippen molar-refractivity contribution in [1.82, 2.24) is 4.98 Å². The fourth-order valence-corrected chi connectivity index (χ4v) is 3.66. The van der Waals surface area contributed by atoms with Crippen LogP contribution < -0.4 is 0 Å². The normalized spacial score (nSPS) is 10.9. The summed E-state index contributed by atoms with van der Waals surface area (Å²) in [5.74, 6) is -1.42. The first kappa shape index (κ1) is 19.9. The maximum Gasteiger partial charge on any atom is 0.355 e. The number of carbonyl (C=O) groups is 3. The SMILES string of the molecule is Cc1cc(C(=O)COC(=O)c2[nH]c(C)c(C(=O)OC(C)C)c2C)c(C)s1. The molecule has 2 aromatic heterocycles. The van der Waals surface area contributed by atoms with Crippen LogP contribution in [0.1, 0.15) is 66.1 Å². The first-order valence-corrected chi connectivity index (χ1v) is 9.11. The lowest BCUT2D eigenvalue weighted by Crippen LogP contribution is -2.16. The summed E-state index contributed by atoms with van der Waals surface area (Å²) in [7, 11) is 0. The van der Waals surface area contributed by atoms with E-state index in [1.165, 1.54) is 11.3 Å². The van der Waals surface area contributed by atoms with Gasteiger partial charge < -0.3 is 14.5 Å². The van der Waals surface area contributed by atoms with Gasteiger partial charge in [0.25, 0.3) is 0 Å². The fraction of sp³-hybridized carbons (Fsp3) is 0.421. The van der Waals surface area contributed by atoms with Crippen LogP contribution >= 0.6 is 11.3 Å². The molecule has 0 saturated heterocycles. The molecule has 0 fully saturated rings. The molecule has 0 aliphatic carbocycles. The van der Waals surface area contributed by atoms with Gasteiger partial charge in [-0.05, 0) is 53.2 Å². The third kappa shape index (κ3) is 4.22. The summed E-state index contributed by atoms with van der Waals surface area (Å²) in [6.45, 7) is 10.3. The molecular formula is C19H23NO5S. The zero-order valence-electron chi connectivity index (χ0n) is 15.8. The van der Waals surface area contributed by atoms with Gasteiger partial charge in [0, 0.05) is 21.0 Å². The van der Waals surface area contributed by atoms with Crippen molar-refractivity contribution in [1.29, 1.82) is 0 Å². The van der Waals surface area contributed by atoms with Crippen molar-refractivity contribution in [3.8, 4) is 0 Å². The van der Waals surface area contributed by atoms with Crippen LogP contribution in [0.3, 0.4) is 0 Å². The van der Waals surface area contributed by atoms with Gasteiger partial charge in [-0.25, -0.2) is 9.59 Å². The summed E-state index contributed by atoms with van der Waals surface area (Å²) < 4.78 is 10.3. The maximum absolute atomic E-state index is 12.3. The number of nitrogens with one attached hydrogen (secondary N) is 1. The Morgan fingerprint density at radius 3 is 2.31 bits per heavy atom. The van der Waals surface area contributed by atoms with Crippen LogP contribution in [-0.4, -0.2) is 35.4 Å². The molecular weight excluding hydrogens is 354 g/mol. The number of ketones is 1. The Bertz CT molecular complexity index is 860. The molecule has 2 heterocycles. The first-order chi connectivity index (χ1) is 12.1. The summed E-state index contributed by atoms with van der Waals surface area (Å²) in [6.07, 6.45) is -0.262. The van der Waals surface area contributed by atoms with E-state index in [0.717, 1.165) is 9.75 Å². The average molecular weight is 377 g/mol. The van der Waals surface area contributed by atoms with E-state index in [0.29, 0.717) is 22.4 Å². The minimum absolute atomic E-state index is 0.157. The van der Waals surface area contributed by atoms with E-state index >= 15 is 0 Å². The Balaban J connectivity index is 2.12. The van der Waals surface area contributed by atoms with Gasteiger partial charge in [0.1, 0.15) is 5.69 Å². The molecule has 0 bridgehead atoms. The van der Waals surface area contributed by atoms with E-state index in [-0.39, 0.29) is 24.2 Å². The van der Waals surface area contributed by atoms with Crippen molar-refractivity contribution >= 4 is 29.1 Å². The molecule has 140 valence electrons. The van der Waals surface area contributed by atoms with Gasteiger partial charge in [-0.1, -0.05) is 0 Å². The van der Waals surface area contributed by atoms with E-state index in [1.54, 1.807) is 33.8 Å². The summed E-state index contributed by atoms with van der Waals surface area (Å²) in [4.78, 5) is 41.6. The van der Waals surface area contributed by atoms with Crippen molar-refractivity contribution in [2.75, 3.05) is 6.61 Å². The Kier molecular flexibility index (Phi) is 6.02. The second-order valence-electron chi connectivity index (χ2n) is 6.41. The van der Waals surface area contributed by atoms with E-state index in [4.69, 9.17) is 9.47 Å². The summed E-state index contributed by atoms with van der Waals surface area (Å²) in [6, 6.07) is 1.79. The number of esters is 2. The topological polar surface area (TPSA) is 85.5 Å². The van der Waals surface area contributed by atoms with Crippen LogP contribution in [0.15, 0.2) is 6.07 Å². The van der Waals surface area contributed by atoms with Crippen molar-refractivity contribution in [3.63, 3.8) is 0 Å². The van der Waals surface area contributed by atoms with Gasteiger partial charge in [0.15, 0.2) is 6.61 Å².